The van der Waals surface area contributed by atoms with E-state index in [1.807, 2.05) is 6.07 Å². The smallest absolute Gasteiger partial charge is 0.120 e. The maximum atomic E-state index is 5.94. The van der Waals surface area contributed by atoms with E-state index < -0.39 is 0 Å². The summed E-state index contributed by atoms with van der Waals surface area (Å²) in [5, 5.41) is 3.34. The molecule has 1 fully saturated rings. The van der Waals surface area contributed by atoms with Crippen molar-refractivity contribution >= 4 is 24.2 Å². The lowest BCUT2D eigenvalue weighted by Gasteiger charge is -2.23. The molecule has 0 unspecified atom stereocenters. The molecule has 4 heteroatoms. The van der Waals surface area contributed by atoms with Gasteiger partial charge in [-0.05, 0) is 50.4 Å². The number of hydrogen-bond donors (Lipinski definition) is 1. The van der Waals surface area contributed by atoms with Crippen LogP contribution in [0.4, 0.5) is 0 Å². The molecule has 1 saturated heterocycles. The Labute approximate surface area is 108 Å². The maximum Gasteiger partial charge on any atom is 0.120 e. The van der Waals surface area contributed by atoms with Gasteiger partial charge >= 0.3 is 0 Å². The zero-order chi connectivity index (χ0) is 10.5. The monoisotopic (exact) mass is 259 g/mol. The molecular weight excluding hydrogens is 242 g/mol. The van der Waals surface area contributed by atoms with Crippen LogP contribution in [0.1, 0.15) is 12.8 Å². The van der Waals surface area contributed by atoms with Crippen molar-refractivity contribution in [3.63, 3.8) is 0 Å². The molecule has 16 heavy (non-hydrogen) atoms. The first-order valence-electron chi connectivity index (χ1n) is 5.40. The van der Waals surface area contributed by atoms with E-state index in [-0.39, 0.29) is 12.4 Å². The first-order valence-corrected chi connectivity index (χ1v) is 6.62. The van der Waals surface area contributed by atoms with Crippen LogP contribution in [0.2, 0.25) is 0 Å². The normalized spacial score (nSPS) is 16.6. The molecule has 0 atom stereocenters. The van der Waals surface area contributed by atoms with Gasteiger partial charge in [-0.15, -0.1) is 24.2 Å². The van der Waals surface area contributed by atoms with E-state index in [2.05, 4.69) is 29.8 Å². The summed E-state index contributed by atoms with van der Waals surface area (Å²) in [7, 11) is 0. The number of ether oxygens (including phenoxy) is 1. The molecule has 0 radical (unpaired) electrons. The van der Waals surface area contributed by atoms with E-state index in [0.717, 1.165) is 31.7 Å². The third kappa shape index (κ3) is 3.89. The second kappa shape index (κ2) is 7.05. The van der Waals surface area contributed by atoms with Crippen LogP contribution in [-0.4, -0.2) is 25.4 Å². The number of thioether (sulfide) groups is 1. The Hall–Kier alpha value is -0.380. The molecule has 1 aliphatic rings. The van der Waals surface area contributed by atoms with Gasteiger partial charge in [-0.25, -0.2) is 0 Å². The van der Waals surface area contributed by atoms with E-state index in [0.29, 0.717) is 6.10 Å². The second-order valence-corrected chi connectivity index (χ2v) is 4.63. The molecule has 1 aromatic rings. The van der Waals surface area contributed by atoms with Gasteiger partial charge in [0.1, 0.15) is 11.9 Å². The molecule has 90 valence electrons. The predicted molar refractivity (Wildman–Crippen MR) is 72.0 cm³/mol. The highest BCUT2D eigenvalue weighted by Crippen LogP contribution is 2.22. The molecule has 2 rings (SSSR count). The number of halogens is 1. The van der Waals surface area contributed by atoms with Crippen LogP contribution < -0.4 is 10.1 Å². The average Bonchev–Trinajstić information content (AvgIpc) is 2.31. The number of nitrogens with one attached hydrogen (secondary N) is 1. The van der Waals surface area contributed by atoms with Crippen molar-refractivity contribution < 1.29 is 4.74 Å². The highest BCUT2D eigenvalue weighted by atomic mass is 35.5. The molecule has 1 heterocycles. The molecule has 1 N–H and O–H groups in total. The van der Waals surface area contributed by atoms with Gasteiger partial charge in [-0.2, -0.15) is 0 Å². The lowest BCUT2D eigenvalue weighted by molar-refractivity contribution is 0.162. The van der Waals surface area contributed by atoms with Crippen LogP contribution in [0.3, 0.4) is 0 Å². The van der Waals surface area contributed by atoms with Crippen molar-refractivity contribution in [2.24, 2.45) is 0 Å². The van der Waals surface area contributed by atoms with Crippen LogP contribution in [0, 0.1) is 0 Å². The summed E-state index contributed by atoms with van der Waals surface area (Å²) in [6.45, 7) is 2.15. The summed E-state index contributed by atoms with van der Waals surface area (Å²) >= 11 is 1.75. The Morgan fingerprint density at radius 3 is 2.75 bits per heavy atom. The lowest BCUT2D eigenvalue weighted by atomic mass is 10.1. The largest absolute Gasteiger partial charge is 0.490 e. The van der Waals surface area contributed by atoms with Crippen molar-refractivity contribution in [2.45, 2.75) is 23.8 Å². The Balaban J connectivity index is 0.00000128. The Morgan fingerprint density at radius 1 is 1.31 bits per heavy atom. The quantitative estimate of drug-likeness (QED) is 0.844. The molecule has 0 saturated carbocycles. The van der Waals surface area contributed by atoms with Gasteiger partial charge in [-0.3, -0.25) is 0 Å². The molecule has 1 aromatic carbocycles. The van der Waals surface area contributed by atoms with Crippen LogP contribution in [0.5, 0.6) is 5.75 Å². The summed E-state index contributed by atoms with van der Waals surface area (Å²) in [5.74, 6) is 1.01. The molecular formula is C12H18ClNOS. The number of hydrogen-bond acceptors (Lipinski definition) is 3. The summed E-state index contributed by atoms with van der Waals surface area (Å²) in [6.07, 6.45) is 4.71. The zero-order valence-electron chi connectivity index (χ0n) is 9.44. The number of rotatable bonds is 3. The first-order chi connectivity index (χ1) is 7.38. The molecule has 0 aromatic heterocycles. The summed E-state index contributed by atoms with van der Waals surface area (Å²) < 4.78 is 5.94. The standard InChI is InChI=1S/C12H17NOS.ClH/c1-15-12-4-2-3-11(9-12)14-10-5-7-13-8-6-10;/h2-4,9-10,13H,5-8H2,1H3;1H. The Morgan fingerprint density at radius 2 is 2.06 bits per heavy atom. The van der Waals surface area contributed by atoms with Crippen LogP contribution in [0.15, 0.2) is 29.2 Å². The SMILES string of the molecule is CSc1cccc(OC2CCNCC2)c1.Cl. The topological polar surface area (TPSA) is 21.3 Å². The van der Waals surface area contributed by atoms with E-state index >= 15 is 0 Å². The van der Waals surface area contributed by atoms with E-state index in [9.17, 15) is 0 Å². The van der Waals surface area contributed by atoms with Crippen molar-refractivity contribution in [3.05, 3.63) is 24.3 Å². The highest BCUT2D eigenvalue weighted by Gasteiger charge is 2.14. The average molecular weight is 260 g/mol. The molecule has 0 aliphatic carbocycles. The van der Waals surface area contributed by atoms with E-state index in [4.69, 9.17) is 4.74 Å². The van der Waals surface area contributed by atoms with Crippen LogP contribution >= 0.6 is 24.2 Å². The van der Waals surface area contributed by atoms with Crippen LogP contribution in [0.25, 0.3) is 0 Å². The van der Waals surface area contributed by atoms with Gasteiger partial charge in [0.15, 0.2) is 0 Å². The van der Waals surface area contributed by atoms with Gasteiger partial charge in [-0.1, -0.05) is 6.07 Å². The molecule has 0 bridgehead atoms. The van der Waals surface area contributed by atoms with E-state index in [1.54, 1.807) is 11.8 Å². The van der Waals surface area contributed by atoms with E-state index in [1.165, 1.54) is 4.90 Å². The van der Waals surface area contributed by atoms with Crippen molar-refractivity contribution in [1.82, 2.24) is 5.32 Å². The van der Waals surface area contributed by atoms with Crippen molar-refractivity contribution in [1.29, 1.82) is 0 Å². The second-order valence-electron chi connectivity index (χ2n) is 3.75. The molecule has 0 amide bonds. The Kier molecular flexibility index (Phi) is 6.03. The van der Waals surface area contributed by atoms with Gasteiger partial charge in [0.25, 0.3) is 0 Å². The lowest BCUT2D eigenvalue weighted by Crippen LogP contribution is -2.34. The van der Waals surface area contributed by atoms with Gasteiger partial charge in [0.05, 0.1) is 0 Å². The van der Waals surface area contributed by atoms with Crippen molar-refractivity contribution in [2.75, 3.05) is 19.3 Å². The number of benzene rings is 1. The maximum absolute atomic E-state index is 5.94. The summed E-state index contributed by atoms with van der Waals surface area (Å²) in [6, 6.07) is 8.33. The van der Waals surface area contributed by atoms with Crippen LogP contribution in [-0.2, 0) is 0 Å². The minimum atomic E-state index is 0. The minimum absolute atomic E-state index is 0. The van der Waals surface area contributed by atoms with Gasteiger partial charge < -0.3 is 10.1 Å². The van der Waals surface area contributed by atoms with Gasteiger partial charge in [0.2, 0.25) is 0 Å². The highest BCUT2D eigenvalue weighted by molar-refractivity contribution is 7.98. The third-order valence-electron chi connectivity index (χ3n) is 2.63. The summed E-state index contributed by atoms with van der Waals surface area (Å²) in [4.78, 5) is 1.27. The molecule has 0 spiro atoms. The predicted octanol–water partition coefficient (Wildman–Crippen LogP) is 2.96. The third-order valence-corrected chi connectivity index (χ3v) is 3.36. The Bertz CT molecular complexity index is 316. The first kappa shape index (κ1) is 13.7. The van der Waals surface area contributed by atoms with Crippen molar-refractivity contribution in [3.8, 4) is 5.75 Å². The van der Waals surface area contributed by atoms with Gasteiger partial charge in [0, 0.05) is 4.90 Å². The fourth-order valence-corrected chi connectivity index (χ4v) is 2.23. The number of piperidine rings is 1. The molecule has 1 aliphatic heterocycles. The molecule has 2 nitrogen and oxygen atoms in total. The summed E-state index contributed by atoms with van der Waals surface area (Å²) in [5.41, 5.74) is 0. The fourth-order valence-electron chi connectivity index (χ4n) is 1.78. The fraction of sp³-hybridized carbons (Fsp3) is 0.500. The minimum Gasteiger partial charge on any atom is -0.490 e. The zero-order valence-corrected chi connectivity index (χ0v) is 11.1.